The zero-order valence-corrected chi connectivity index (χ0v) is 11.7. The monoisotopic (exact) mass is 273 g/mol. The Labute approximate surface area is 111 Å². The van der Waals surface area contributed by atoms with E-state index in [0.717, 1.165) is 13.2 Å². The third-order valence-corrected chi connectivity index (χ3v) is 2.30. The lowest BCUT2D eigenvalue weighted by Crippen LogP contribution is -2.43. The molecule has 0 aliphatic rings. The minimum absolute atomic E-state index is 0.154. The molecule has 0 rings (SSSR count). The minimum atomic E-state index is -0.778. The van der Waals surface area contributed by atoms with Crippen molar-refractivity contribution in [1.82, 2.24) is 5.32 Å². The van der Waals surface area contributed by atoms with Crippen molar-refractivity contribution in [1.29, 1.82) is 0 Å². The van der Waals surface area contributed by atoms with E-state index in [-0.39, 0.29) is 11.6 Å². The van der Waals surface area contributed by atoms with Gasteiger partial charge in [-0.25, -0.2) is 14.4 Å². The molecule has 1 N–H and O–H groups in total. The Kier molecular flexibility index (Phi) is 7.25. The normalized spacial score (nSPS) is 12.6. The number of carbonyl (C=O) groups is 3. The fourth-order valence-corrected chi connectivity index (χ4v) is 1.24. The third-order valence-electron chi connectivity index (χ3n) is 2.30. The summed E-state index contributed by atoms with van der Waals surface area (Å²) in [5, 5.41) is 2.63. The topological polar surface area (TPSA) is 90.9 Å². The molecule has 0 fully saturated rings. The molecular formula is C12H19NO6. The molecule has 0 aromatic rings. The SMILES string of the molecule is COC(=O)/C=C(/NC(C(=O)OC)C(C)C)C(=O)OC. The van der Waals surface area contributed by atoms with Crippen molar-refractivity contribution in [3.05, 3.63) is 11.8 Å². The lowest BCUT2D eigenvalue weighted by Gasteiger charge is -2.21. The van der Waals surface area contributed by atoms with Crippen molar-refractivity contribution in [2.24, 2.45) is 5.92 Å². The van der Waals surface area contributed by atoms with E-state index < -0.39 is 23.9 Å². The van der Waals surface area contributed by atoms with Crippen molar-refractivity contribution in [3.63, 3.8) is 0 Å². The van der Waals surface area contributed by atoms with Gasteiger partial charge in [-0.1, -0.05) is 13.8 Å². The van der Waals surface area contributed by atoms with E-state index >= 15 is 0 Å². The van der Waals surface area contributed by atoms with Gasteiger partial charge < -0.3 is 19.5 Å². The number of ether oxygens (including phenoxy) is 3. The average molecular weight is 273 g/mol. The number of nitrogens with one attached hydrogen (secondary N) is 1. The summed E-state index contributed by atoms with van der Waals surface area (Å²) in [6.07, 6.45) is 0.921. The van der Waals surface area contributed by atoms with Crippen LogP contribution in [0.1, 0.15) is 13.8 Å². The molecule has 0 aliphatic heterocycles. The zero-order valence-electron chi connectivity index (χ0n) is 11.7. The fraction of sp³-hybridized carbons (Fsp3) is 0.583. The smallest absolute Gasteiger partial charge is 0.354 e. The Morgan fingerprint density at radius 1 is 1.00 bits per heavy atom. The Morgan fingerprint density at radius 2 is 1.58 bits per heavy atom. The predicted octanol–water partition coefficient (Wildman–Crippen LogP) is 0.00350. The molecular weight excluding hydrogens is 254 g/mol. The van der Waals surface area contributed by atoms with Crippen LogP contribution in [-0.4, -0.2) is 45.3 Å². The van der Waals surface area contributed by atoms with Crippen LogP contribution in [0.25, 0.3) is 0 Å². The van der Waals surface area contributed by atoms with Crippen molar-refractivity contribution in [2.75, 3.05) is 21.3 Å². The number of esters is 3. The molecule has 0 aromatic heterocycles. The molecule has 0 heterocycles. The van der Waals surface area contributed by atoms with E-state index in [2.05, 4.69) is 19.5 Å². The van der Waals surface area contributed by atoms with Crippen LogP contribution >= 0.6 is 0 Å². The van der Waals surface area contributed by atoms with Crippen molar-refractivity contribution in [2.45, 2.75) is 19.9 Å². The molecule has 7 heteroatoms. The molecule has 1 unspecified atom stereocenters. The molecule has 0 bridgehead atoms. The van der Waals surface area contributed by atoms with Crippen LogP contribution in [0.2, 0.25) is 0 Å². The molecule has 7 nitrogen and oxygen atoms in total. The van der Waals surface area contributed by atoms with Crippen molar-refractivity contribution in [3.8, 4) is 0 Å². The van der Waals surface area contributed by atoms with E-state index in [4.69, 9.17) is 0 Å². The summed E-state index contributed by atoms with van der Waals surface area (Å²) in [5.41, 5.74) is -0.168. The highest BCUT2D eigenvalue weighted by atomic mass is 16.5. The van der Waals surface area contributed by atoms with Gasteiger partial charge in [0, 0.05) is 0 Å². The Morgan fingerprint density at radius 3 is 1.95 bits per heavy atom. The van der Waals surface area contributed by atoms with E-state index in [1.54, 1.807) is 13.8 Å². The van der Waals surface area contributed by atoms with Gasteiger partial charge in [0.1, 0.15) is 11.7 Å². The molecule has 1 atom stereocenters. The minimum Gasteiger partial charge on any atom is -0.467 e. The first-order valence-electron chi connectivity index (χ1n) is 5.59. The second kappa shape index (κ2) is 8.12. The van der Waals surface area contributed by atoms with Crippen LogP contribution in [-0.2, 0) is 28.6 Å². The van der Waals surface area contributed by atoms with Crippen LogP contribution in [0, 0.1) is 5.92 Å². The molecule has 108 valence electrons. The number of hydrogen-bond donors (Lipinski definition) is 1. The highest BCUT2D eigenvalue weighted by Gasteiger charge is 2.26. The summed E-state index contributed by atoms with van der Waals surface area (Å²) in [6.45, 7) is 3.53. The maximum Gasteiger partial charge on any atom is 0.354 e. The maximum absolute atomic E-state index is 11.6. The summed E-state index contributed by atoms with van der Waals surface area (Å²) in [6, 6.07) is -0.778. The van der Waals surface area contributed by atoms with Gasteiger partial charge in [0.05, 0.1) is 27.4 Å². The average Bonchev–Trinajstić information content (AvgIpc) is 2.40. The van der Waals surface area contributed by atoms with Gasteiger partial charge in [-0.05, 0) is 5.92 Å². The molecule has 0 aromatic carbocycles. The number of rotatable bonds is 6. The van der Waals surface area contributed by atoms with Crippen LogP contribution in [0.4, 0.5) is 0 Å². The van der Waals surface area contributed by atoms with Gasteiger partial charge in [0.2, 0.25) is 0 Å². The molecule has 0 spiro atoms. The first-order chi connectivity index (χ1) is 8.87. The standard InChI is InChI=1S/C12H19NO6/c1-7(2)10(12(16)19-5)13-8(11(15)18-4)6-9(14)17-3/h6-7,10,13H,1-5H3/b8-6+. The van der Waals surface area contributed by atoms with Crippen molar-refractivity contribution < 1.29 is 28.6 Å². The molecule has 0 saturated heterocycles. The first-order valence-corrected chi connectivity index (χ1v) is 5.59. The molecule has 19 heavy (non-hydrogen) atoms. The van der Waals surface area contributed by atoms with Crippen LogP contribution in [0.15, 0.2) is 11.8 Å². The lowest BCUT2D eigenvalue weighted by molar-refractivity contribution is -0.144. The van der Waals surface area contributed by atoms with Crippen LogP contribution < -0.4 is 5.32 Å². The number of carbonyl (C=O) groups excluding carboxylic acids is 3. The van der Waals surface area contributed by atoms with E-state index in [9.17, 15) is 14.4 Å². The van der Waals surface area contributed by atoms with Crippen LogP contribution in [0.5, 0.6) is 0 Å². The van der Waals surface area contributed by atoms with E-state index in [0.29, 0.717) is 0 Å². The van der Waals surface area contributed by atoms with Gasteiger partial charge in [-0.2, -0.15) is 0 Å². The van der Waals surface area contributed by atoms with E-state index in [1.165, 1.54) is 14.2 Å². The maximum atomic E-state index is 11.6. The van der Waals surface area contributed by atoms with Gasteiger partial charge in [0.25, 0.3) is 0 Å². The third kappa shape index (κ3) is 5.41. The van der Waals surface area contributed by atoms with Gasteiger partial charge in [-0.3, -0.25) is 0 Å². The first kappa shape index (κ1) is 16.9. The van der Waals surface area contributed by atoms with E-state index in [1.807, 2.05) is 0 Å². The summed E-state index contributed by atoms with van der Waals surface area (Å²) in [7, 11) is 3.58. The van der Waals surface area contributed by atoms with Gasteiger partial charge in [0.15, 0.2) is 0 Å². The number of methoxy groups -OCH3 is 3. The second-order valence-corrected chi connectivity index (χ2v) is 3.96. The molecule has 0 radical (unpaired) electrons. The van der Waals surface area contributed by atoms with Gasteiger partial charge in [-0.15, -0.1) is 0 Å². The Hall–Kier alpha value is -2.05. The summed E-state index contributed by atoms with van der Waals surface area (Å²) in [4.78, 5) is 34.3. The lowest BCUT2D eigenvalue weighted by atomic mass is 10.0. The summed E-state index contributed by atoms with van der Waals surface area (Å²) >= 11 is 0. The van der Waals surface area contributed by atoms with Gasteiger partial charge >= 0.3 is 17.9 Å². The second-order valence-electron chi connectivity index (χ2n) is 3.96. The zero-order chi connectivity index (χ0) is 15.0. The molecule has 0 amide bonds. The summed E-state index contributed by atoms with van der Waals surface area (Å²) in [5.74, 6) is -2.21. The number of hydrogen-bond acceptors (Lipinski definition) is 7. The van der Waals surface area contributed by atoms with Crippen molar-refractivity contribution >= 4 is 17.9 Å². The van der Waals surface area contributed by atoms with Crippen LogP contribution in [0.3, 0.4) is 0 Å². The molecule has 0 aliphatic carbocycles. The predicted molar refractivity (Wildman–Crippen MR) is 65.9 cm³/mol. The highest BCUT2D eigenvalue weighted by Crippen LogP contribution is 2.07. The Bertz CT molecular complexity index is 374. The quantitative estimate of drug-likeness (QED) is 0.414. The fourth-order valence-electron chi connectivity index (χ4n) is 1.24. The Balaban J connectivity index is 5.18. The largest absolute Gasteiger partial charge is 0.467 e. The highest BCUT2D eigenvalue weighted by molar-refractivity contribution is 5.96. The summed E-state index contributed by atoms with van der Waals surface area (Å²) < 4.78 is 13.6. The molecule has 0 saturated carbocycles.